The molecule has 0 aromatic heterocycles. The van der Waals surface area contributed by atoms with Gasteiger partial charge in [0.05, 0.1) is 0 Å². The van der Waals surface area contributed by atoms with Gasteiger partial charge in [0.25, 0.3) is 0 Å². The molecule has 0 spiro atoms. The average Bonchev–Trinajstić information content (AvgIpc) is 1.76. The topological polar surface area (TPSA) is 12.4 Å². The van der Waals surface area contributed by atoms with Gasteiger partial charge in [-0.2, -0.15) is 0 Å². The van der Waals surface area contributed by atoms with Crippen LogP contribution in [0.1, 0.15) is 6.42 Å². The minimum Gasteiger partial charge on any atom is -0.297 e. The van der Waals surface area contributed by atoms with E-state index >= 15 is 0 Å². The van der Waals surface area contributed by atoms with Crippen molar-refractivity contribution in [2.75, 3.05) is 6.54 Å². The molecular formula is C4H5N. The highest BCUT2D eigenvalue weighted by atomic mass is 14.7. The summed E-state index contributed by atoms with van der Waals surface area (Å²) in [5.74, 6) is 0. The van der Waals surface area contributed by atoms with Gasteiger partial charge in [-0.3, -0.25) is 4.99 Å². The number of hydrogen-bond acceptors (Lipinski definition) is 1. The lowest BCUT2D eigenvalue weighted by molar-refractivity contribution is 1.04. The van der Waals surface area contributed by atoms with Crippen LogP contribution in [0.3, 0.4) is 0 Å². The molecule has 0 amide bonds. The quantitative estimate of drug-likeness (QED) is 0.392. The molecule has 0 aliphatic carbocycles. The first-order valence-corrected chi connectivity index (χ1v) is 1.72. The number of hydrogen-bond donors (Lipinski definition) is 0. The highest BCUT2D eigenvalue weighted by Crippen LogP contribution is 1.90. The Bertz CT molecular complexity index is 41.6. The van der Waals surface area contributed by atoms with Crippen molar-refractivity contribution in [3.8, 4) is 0 Å². The van der Waals surface area contributed by atoms with Gasteiger partial charge in [0.2, 0.25) is 0 Å². The minimum atomic E-state index is 0.958. The molecule has 1 aliphatic heterocycles. The Balaban J connectivity index is 2.32. The zero-order valence-corrected chi connectivity index (χ0v) is 2.94. The molecule has 0 saturated heterocycles. The fourth-order valence-corrected chi connectivity index (χ4v) is 0.323. The average molecular weight is 67.1 g/mol. The van der Waals surface area contributed by atoms with Crippen LogP contribution in [0.5, 0.6) is 0 Å². The van der Waals surface area contributed by atoms with E-state index < -0.39 is 0 Å². The molecule has 0 saturated carbocycles. The van der Waals surface area contributed by atoms with Crippen molar-refractivity contribution in [2.45, 2.75) is 6.42 Å². The smallest absolute Gasteiger partial charge is 0.0395 e. The third-order valence-electron chi connectivity index (χ3n) is 0.568. The molecular weight excluding hydrogens is 62.1 g/mol. The molecule has 1 aliphatic rings. The van der Waals surface area contributed by atoms with E-state index in [1.165, 1.54) is 0 Å². The van der Waals surface area contributed by atoms with E-state index in [9.17, 15) is 0 Å². The van der Waals surface area contributed by atoms with Crippen molar-refractivity contribution in [3.05, 3.63) is 6.42 Å². The maximum Gasteiger partial charge on any atom is 0.0395 e. The Hall–Kier alpha value is -0.330. The Morgan fingerprint density at radius 3 is 3.00 bits per heavy atom. The fraction of sp³-hybridized carbons (Fsp3) is 0.500. The normalized spacial score (nSPS) is 20.8. The molecule has 26 valence electrons. The Morgan fingerprint density at radius 1 is 1.80 bits per heavy atom. The van der Waals surface area contributed by atoms with Crippen molar-refractivity contribution in [1.82, 2.24) is 0 Å². The van der Waals surface area contributed by atoms with Gasteiger partial charge in [-0.15, -0.1) is 0 Å². The molecule has 0 bridgehead atoms. The first kappa shape index (κ1) is 2.88. The van der Waals surface area contributed by atoms with Gasteiger partial charge < -0.3 is 0 Å². The largest absolute Gasteiger partial charge is 0.297 e. The predicted octanol–water partition coefficient (Wildman–Crippen LogP) is 0.542. The van der Waals surface area contributed by atoms with Gasteiger partial charge in [0.15, 0.2) is 0 Å². The standard InChI is InChI=1S/C4H5N/c1-2-4-5-3-1/h4H,1,3H2. The first-order chi connectivity index (χ1) is 2.50. The lowest BCUT2D eigenvalue weighted by Crippen LogP contribution is -1.63. The zero-order chi connectivity index (χ0) is 3.54. The van der Waals surface area contributed by atoms with Gasteiger partial charge in [-0.05, 0) is 6.42 Å². The van der Waals surface area contributed by atoms with Gasteiger partial charge in [0, 0.05) is 19.2 Å². The van der Waals surface area contributed by atoms with Gasteiger partial charge in [-0.1, -0.05) is 0 Å². The van der Waals surface area contributed by atoms with E-state index in [4.69, 9.17) is 0 Å². The molecule has 2 radical (unpaired) electrons. The van der Waals surface area contributed by atoms with Gasteiger partial charge in [-0.25, -0.2) is 0 Å². The van der Waals surface area contributed by atoms with E-state index in [2.05, 4.69) is 11.4 Å². The summed E-state index contributed by atoms with van der Waals surface area (Å²) in [5.41, 5.74) is 0. The van der Waals surface area contributed by atoms with E-state index in [1.807, 2.05) is 0 Å². The lowest BCUT2D eigenvalue weighted by atomic mass is 10.4. The van der Waals surface area contributed by atoms with Crippen LogP contribution in [-0.4, -0.2) is 12.8 Å². The van der Waals surface area contributed by atoms with E-state index in [0.717, 1.165) is 13.0 Å². The summed E-state index contributed by atoms with van der Waals surface area (Å²) < 4.78 is 0. The summed E-state index contributed by atoms with van der Waals surface area (Å²) in [6.45, 7) is 0.958. The van der Waals surface area contributed by atoms with Crippen LogP contribution in [-0.2, 0) is 0 Å². The van der Waals surface area contributed by atoms with E-state index in [1.54, 1.807) is 6.21 Å². The summed E-state index contributed by atoms with van der Waals surface area (Å²) in [6.07, 6.45) is 5.69. The third-order valence-corrected chi connectivity index (χ3v) is 0.568. The molecule has 0 atom stereocenters. The third kappa shape index (κ3) is 0.469. The van der Waals surface area contributed by atoms with Crippen molar-refractivity contribution in [2.24, 2.45) is 4.99 Å². The SMILES string of the molecule is [C]1C=NCC1. The van der Waals surface area contributed by atoms with Crippen LogP contribution in [0, 0.1) is 6.42 Å². The molecule has 1 rings (SSSR count). The number of rotatable bonds is 0. The van der Waals surface area contributed by atoms with Crippen LogP contribution < -0.4 is 0 Å². The first-order valence-electron chi connectivity index (χ1n) is 1.72. The van der Waals surface area contributed by atoms with Crippen LogP contribution in [0.15, 0.2) is 4.99 Å². The molecule has 0 aromatic rings. The highest BCUT2D eigenvalue weighted by molar-refractivity contribution is 5.69. The Morgan fingerprint density at radius 2 is 2.80 bits per heavy atom. The van der Waals surface area contributed by atoms with Crippen molar-refractivity contribution >= 4 is 6.21 Å². The summed E-state index contributed by atoms with van der Waals surface area (Å²) in [7, 11) is 0. The zero-order valence-electron chi connectivity index (χ0n) is 2.94. The molecule has 0 fully saturated rings. The molecule has 0 unspecified atom stereocenters. The van der Waals surface area contributed by atoms with E-state index in [0.29, 0.717) is 0 Å². The van der Waals surface area contributed by atoms with Crippen molar-refractivity contribution in [3.63, 3.8) is 0 Å². The van der Waals surface area contributed by atoms with E-state index in [-0.39, 0.29) is 0 Å². The Kier molecular flexibility index (Phi) is 0.692. The lowest BCUT2D eigenvalue weighted by Gasteiger charge is -1.66. The number of aliphatic imine (C=N–C) groups is 1. The highest BCUT2D eigenvalue weighted by Gasteiger charge is 1.87. The number of nitrogens with zero attached hydrogens (tertiary/aromatic N) is 1. The maximum atomic E-state index is 3.85. The monoisotopic (exact) mass is 67.0 g/mol. The van der Waals surface area contributed by atoms with Crippen LogP contribution in [0.4, 0.5) is 0 Å². The second-order valence-electron chi connectivity index (χ2n) is 0.989. The fourth-order valence-electron chi connectivity index (χ4n) is 0.323. The van der Waals surface area contributed by atoms with Gasteiger partial charge >= 0.3 is 0 Å². The Labute approximate surface area is 31.7 Å². The second kappa shape index (κ2) is 1.20. The van der Waals surface area contributed by atoms with Crippen LogP contribution in [0.2, 0.25) is 0 Å². The van der Waals surface area contributed by atoms with Crippen LogP contribution in [0.25, 0.3) is 0 Å². The minimum absolute atomic E-state index is 0.958. The van der Waals surface area contributed by atoms with Gasteiger partial charge in [0.1, 0.15) is 0 Å². The molecule has 0 N–H and O–H groups in total. The van der Waals surface area contributed by atoms with Crippen molar-refractivity contribution < 1.29 is 0 Å². The summed E-state index contributed by atoms with van der Waals surface area (Å²) in [4.78, 5) is 3.85. The van der Waals surface area contributed by atoms with Crippen LogP contribution >= 0.6 is 0 Å². The molecule has 1 heterocycles. The molecule has 5 heavy (non-hydrogen) atoms. The predicted molar refractivity (Wildman–Crippen MR) is 21.2 cm³/mol. The van der Waals surface area contributed by atoms with Crippen molar-refractivity contribution in [1.29, 1.82) is 0 Å². The summed E-state index contributed by atoms with van der Waals surface area (Å²) >= 11 is 0. The molecule has 1 heteroatoms. The second-order valence-corrected chi connectivity index (χ2v) is 0.989. The molecule has 0 aromatic carbocycles. The maximum absolute atomic E-state index is 3.85. The molecule has 1 nitrogen and oxygen atoms in total. The summed E-state index contributed by atoms with van der Waals surface area (Å²) in [5, 5.41) is 0. The summed E-state index contributed by atoms with van der Waals surface area (Å²) in [6, 6.07) is 0.